The Morgan fingerprint density at radius 1 is 0.500 bits per heavy atom. The van der Waals surface area contributed by atoms with Crippen LogP contribution in [-0.2, 0) is 0 Å². The highest BCUT2D eigenvalue weighted by atomic mass is 14.5. The molecule has 0 saturated heterocycles. The molecule has 0 nitrogen and oxygen atoms in total. The van der Waals surface area contributed by atoms with Gasteiger partial charge in [0.05, 0.1) is 0 Å². The fourth-order valence-electron chi connectivity index (χ4n) is 6.27. The lowest BCUT2D eigenvalue weighted by atomic mass is 9.56. The van der Waals surface area contributed by atoms with E-state index in [0.29, 0.717) is 0 Å². The second kappa shape index (κ2) is 4.25. The van der Waals surface area contributed by atoms with E-state index in [-0.39, 0.29) is 0 Å². The van der Waals surface area contributed by atoms with Gasteiger partial charge in [0.25, 0.3) is 0 Å². The van der Waals surface area contributed by atoms with Crippen molar-refractivity contribution in [3.05, 3.63) is 0 Å². The molecule has 4 fully saturated rings. The summed E-state index contributed by atoms with van der Waals surface area (Å²) < 4.78 is 0. The van der Waals surface area contributed by atoms with Crippen LogP contribution in [-0.4, -0.2) is 0 Å². The molecule has 4 rings (SSSR count). The maximum absolute atomic E-state index is 1.63. The lowest BCUT2D eigenvalue weighted by Crippen LogP contribution is -2.37. The molecule has 0 heteroatoms. The molecule has 0 N–H and O–H groups in total. The molecule has 4 saturated carbocycles. The molecular formula is C18H30. The van der Waals surface area contributed by atoms with Crippen LogP contribution in [0.2, 0.25) is 0 Å². The molecule has 102 valence electrons. The van der Waals surface area contributed by atoms with Gasteiger partial charge in [-0.25, -0.2) is 0 Å². The van der Waals surface area contributed by atoms with Gasteiger partial charge < -0.3 is 0 Å². The normalized spacial score (nSPS) is 41.3. The SMILES string of the molecule is C1CC(C2CCC3(CCCC3)C2)CC2(C1)CCC2. The highest BCUT2D eigenvalue weighted by Crippen LogP contribution is 2.60. The van der Waals surface area contributed by atoms with Crippen LogP contribution in [0.3, 0.4) is 0 Å². The first kappa shape index (κ1) is 11.8. The first-order valence-electron chi connectivity index (χ1n) is 8.79. The van der Waals surface area contributed by atoms with E-state index >= 15 is 0 Å². The summed E-state index contributed by atoms with van der Waals surface area (Å²) in [5.41, 5.74) is 1.73. The Morgan fingerprint density at radius 3 is 1.72 bits per heavy atom. The average molecular weight is 246 g/mol. The van der Waals surface area contributed by atoms with Gasteiger partial charge in [-0.15, -0.1) is 0 Å². The Labute approximate surface area is 113 Å². The molecule has 2 atom stereocenters. The zero-order chi connectivity index (χ0) is 12.1. The molecule has 4 aliphatic carbocycles. The Kier molecular flexibility index (Phi) is 2.79. The van der Waals surface area contributed by atoms with Crippen molar-refractivity contribution >= 4 is 0 Å². The standard InChI is InChI=1S/C18H30/c1-2-8-18(7-1)12-6-16(14-18)15-5-3-9-17(13-15)10-4-11-17/h15-16H,1-14H2. The van der Waals surface area contributed by atoms with Crippen molar-refractivity contribution in [2.24, 2.45) is 22.7 Å². The van der Waals surface area contributed by atoms with Crippen LogP contribution >= 0.6 is 0 Å². The monoisotopic (exact) mass is 246 g/mol. The largest absolute Gasteiger partial charge is 0.0528 e. The van der Waals surface area contributed by atoms with Gasteiger partial charge in [0.2, 0.25) is 0 Å². The fourth-order valence-corrected chi connectivity index (χ4v) is 6.27. The van der Waals surface area contributed by atoms with E-state index in [1.807, 2.05) is 0 Å². The Morgan fingerprint density at radius 2 is 1.06 bits per heavy atom. The van der Waals surface area contributed by atoms with Gasteiger partial charge in [-0.2, -0.15) is 0 Å². The Hall–Kier alpha value is 0. The minimum Gasteiger partial charge on any atom is -0.0528 e. The van der Waals surface area contributed by atoms with E-state index in [9.17, 15) is 0 Å². The maximum Gasteiger partial charge on any atom is -0.0295 e. The van der Waals surface area contributed by atoms with E-state index in [1.165, 1.54) is 0 Å². The smallest absolute Gasteiger partial charge is 0.0295 e. The second-order valence-electron chi connectivity index (χ2n) is 8.42. The minimum atomic E-state index is 0.856. The predicted molar refractivity (Wildman–Crippen MR) is 76.5 cm³/mol. The molecule has 0 amide bonds. The molecule has 2 spiro atoms. The average Bonchev–Trinajstić information content (AvgIpc) is 2.99. The molecule has 0 aromatic heterocycles. The van der Waals surface area contributed by atoms with Crippen LogP contribution in [0.4, 0.5) is 0 Å². The highest BCUT2D eigenvalue weighted by molar-refractivity contribution is 4.99. The summed E-state index contributed by atoms with van der Waals surface area (Å²) in [6.07, 6.45) is 22.2. The van der Waals surface area contributed by atoms with Crippen LogP contribution in [0.1, 0.15) is 89.9 Å². The van der Waals surface area contributed by atoms with Crippen molar-refractivity contribution in [1.29, 1.82) is 0 Å². The van der Waals surface area contributed by atoms with E-state index in [0.717, 1.165) is 22.7 Å². The third kappa shape index (κ3) is 1.86. The number of hydrogen-bond acceptors (Lipinski definition) is 0. The fraction of sp³-hybridized carbons (Fsp3) is 1.00. The molecule has 18 heavy (non-hydrogen) atoms. The molecule has 0 aromatic carbocycles. The van der Waals surface area contributed by atoms with Crippen molar-refractivity contribution in [2.75, 3.05) is 0 Å². The zero-order valence-corrected chi connectivity index (χ0v) is 12.1. The lowest BCUT2D eigenvalue weighted by Gasteiger charge is -2.49. The van der Waals surface area contributed by atoms with Gasteiger partial charge in [0.15, 0.2) is 0 Å². The van der Waals surface area contributed by atoms with Gasteiger partial charge in [0, 0.05) is 0 Å². The molecule has 0 aromatic rings. The molecule has 4 aliphatic rings. The summed E-state index contributed by atoms with van der Waals surface area (Å²) in [4.78, 5) is 0. The number of hydrogen-bond donors (Lipinski definition) is 0. The summed E-state index contributed by atoms with van der Waals surface area (Å²) in [5, 5.41) is 0. The van der Waals surface area contributed by atoms with Crippen molar-refractivity contribution in [2.45, 2.75) is 89.9 Å². The van der Waals surface area contributed by atoms with Crippen LogP contribution in [0.15, 0.2) is 0 Å². The summed E-state index contributed by atoms with van der Waals surface area (Å²) in [6, 6.07) is 0. The molecule has 0 aliphatic heterocycles. The molecule has 0 bridgehead atoms. The molecule has 0 radical (unpaired) electrons. The molecule has 0 heterocycles. The van der Waals surface area contributed by atoms with Crippen LogP contribution in [0, 0.1) is 22.7 Å². The van der Waals surface area contributed by atoms with Gasteiger partial charge in [-0.3, -0.25) is 0 Å². The van der Waals surface area contributed by atoms with Crippen LogP contribution in [0.25, 0.3) is 0 Å². The van der Waals surface area contributed by atoms with Crippen LogP contribution in [0.5, 0.6) is 0 Å². The third-order valence-electron chi connectivity index (χ3n) is 7.46. The van der Waals surface area contributed by atoms with Gasteiger partial charge >= 0.3 is 0 Å². The third-order valence-corrected chi connectivity index (χ3v) is 7.46. The van der Waals surface area contributed by atoms with E-state index in [2.05, 4.69) is 0 Å². The van der Waals surface area contributed by atoms with Gasteiger partial charge in [-0.05, 0) is 80.5 Å². The minimum absolute atomic E-state index is 0.856. The van der Waals surface area contributed by atoms with Gasteiger partial charge in [0.1, 0.15) is 0 Å². The van der Waals surface area contributed by atoms with E-state index < -0.39 is 0 Å². The topological polar surface area (TPSA) is 0 Å². The first-order valence-corrected chi connectivity index (χ1v) is 8.79. The van der Waals surface area contributed by atoms with E-state index in [1.54, 1.807) is 89.9 Å². The second-order valence-corrected chi connectivity index (χ2v) is 8.42. The van der Waals surface area contributed by atoms with Crippen LogP contribution < -0.4 is 0 Å². The summed E-state index contributed by atoms with van der Waals surface area (Å²) in [7, 11) is 0. The summed E-state index contributed by atoms with van der Waals surface area (Å²) in [5.74, 6) is 2.28. The van der Waals surface area contributed by atoms with Crippen molar-refractivity contribution in [1.82, 2.24) is 0 Å². The summed E-state index contributed by atoms with van der Waals surface area (Å²) in [6.45, 7) is 0. The van der Waals surface area contributed by atoms with Crippen molar-refractivity contribution < 1.29 is 0 Å². The van der Waals surface area contributed by atoms with E-state index in [4.69, 9.17) is 0 Å². The van der Waals surface area contributed by atoms with Crippen molar-refractivity contribution in [3.63, 3.8) is 0 Å². The quantitative estimate of drug-likeness (QED) is 0.556. The van der Waals surface area contributed by atoms with Crippen molar-refractivity contribution in [3.8, 4) is 0 Å². The number of rotatable bonds is 1. The first-order chi connectivity index (χ1) is 8.79. The Balaban J connectivity index is 1.41. The summed E-state index contributed by atoms with van der Waals surface area (Å²) >= 11 is 0. The molecule has 2 unspecified atom stereocenters. The lowest BCUT2D eigenvalue weighted by molar-refractivity contribution is 0.0260. The maximum atomic E-state index is 1.63. The molecular weight excluding hydrogens is 216 g/mol. The highest BCUT2D eigenvalue weighted by Gasteiger charge is 2.47. The van der Waals surface area contributed by atoms with Gasteiger partial charge in [-0.1, -0.05) is 32.1 Å². The zero-order valence-electron chi connectivity index (χ0n) is 12.1. The Bertz CT molecular complexity index is 306. The predicted octanol–water partition coefficient (Wildman–Crippen LogP) is 5.71.